The number of fused-ring (bicyclic) bond motifs is 1. The predicted octanol–water partition coefficient (Wildman–Crippen LogP) is 2.48. The van der Waals surface area contributed by atoms with Gasteiger partial charge in [0, 0.05) is 10.9 Å². The number of amides is 1. The molecule has 0 saturated heterocycles. The number of hydrogen-bond donors (Lipinski definition) is 0. The van der Waals surface area contributed by atoms with Crippen LogP contribution >= 0.6 is 27.3 Å². The molecule has 0 N–H and O–H groups in total. The quantitative estimate of drug-likeness (QED) is 0.793. The Bertz CT molecular complexity index is 733. The van der Waals surface area contributed by atoms with Crippen LogP contribution in [0.15, 0.2) is 27.7 Å². The number of carbonyl (C=O) groups is 2. The van der Waals surface area contributed by atoms with E-state index in [1.165, 1.54) is 18.4 Å². The maximum atomic E-state index is 11.5. The minimum absolute atomic E-state index is 0.0357. The number of nitrogens with zero attached hydrogens (tertiary/aromatic N) is 2. The molecule has 5 nitrogen and oxygen atoms in total. The van der Waals surface area contributed by atoms with Crippen molar-refractivity contribution in [3.63, 3.8) is 0 Å². The molecule has 0 aliphatic carbocycles. The lowest BCUT2D eigenvalue weighted by Crippen LogP contribution is -2.22. The van der Waals surface area contributed by atoms with Gasteiger partial charge in [0.05, 0.1) is 17.3 Å². The predicted molar refractivity (Wildman–Crippen MR) is 80.4 cm³/mol. The van der Waals surface area contributed by atoms with E-state index in [9.17, 15) is 9.59 Å². The first-order chi connectivity index (χ1) is 9.55. The highest BCUT2D eigenvalue weighted by molar-refractivity contribution is 9.10. The highest BCUT2D eigenvalue weighted by Crippen LogP contribution is 2.22. The first kappa shape index (κ1) is 14.9. The number of hydrogen-bond acceptors (Lipinski definition) is 4. The molecule has 0 saturated carbocycles. The second kappa shape index (κ2) is 6.32. The molecule has 0 spiro atoms. The highest BCUT2D eigenvalue weighted by atomic mass is 79.9. The van der Waals surface area contributed by atoms with Crippen molar-refractivity contribution < 1.29 is 14.3 Å². The van der Waals surface area contributed by atoms with Gasteiger partial charge < -0.3 is 9.30 Å². The van der Waals surface area contributed by atoms with E-state index in [1.807, 2.05) is 18.2 Å². The van der Waals surface area contributed by atoms with Crippen LogP contribution < -0.4 is 4.80 Å². The summed E-state index contributed by atoms with van der Waals surface area (Å²) in [6, 6.07) is 5.70. The fourth-order valence-electron chi connectivity index (χ4n) is 1.66. The molecule has 1 heterocycles. The zero-order valence-electron chi connectivity index (χ0n) is 11.1. The Morgan fingerprint density at radius 3 is 2.85 bits per heavy atom. The molecule has 0 fully saturated rings. The average molecular weight is 357 g/mol. The van der Waals surface area contributed by atoms with Crippen LogP contribution in [0.3, 0.4) is 0 Å². The van der Waals surface area contributed by atoms with E-state index in [4.69, 9.17) is 4.74 Å². The molecule has 20 heavy (non-hydrogen) atoms. The van der Waals surface area contributed by atoms with E-state index in [-0.39, 0.29) is 18.4 Å². The smallest absolute Gasteiger partial charge is 0.325 e. The third-order valence-electron chi connectivity index (χ3n) is 2.68. The standard InChI is InChI=1S/C13H13BrN2O3S/c1-3-11(17)15-13-16(7-12(18)19-2)9-5-4-8(14)6-10(9)20-13/h4-6H,3,7H2,1-2H3. The van der Waals surface area contributed by atoms with Gasteiger partial charge in [-0.05, 0) is 18.2 Å². The maximum absolute atomic E-state index is 11.5. The van der Waals surface area contributed by atoms with Gasteiger partial charge in [-0.15, -0.1) is 0 Å². The van der Waals surface area contributed by atoms with Gasteiger partial charge in [-0.3, -0.25) is 9.59 Å². The lowest BCUT2D eigenvalue weighted by atomic mass is 10.3. The number of ether oxygens (including phenoxy) is 1. The van der Waals surface area contributed by atoms with Gasteiger partial charge in [-0.2, -0.15) is 4.99 Å². The van der Waals surface area contributed by atoms with Crippen LogP contribution in [0.5, 0.6) is 0 Å². The van der Waals surface area contributed by atoms with Crippen LogP contribution in [-0.4, -0.2) is 23.6 Å². The molecule has 0 unspecified atom stereocenters. The largest absolute Gasteiger partial charge is 0.468 e. The molecule has 2 rings (SSSR count). The van der Waals surface area contributed by atoms with Crippen molar-refractivity contribution in [3.05, 3.63) is 27.5 Å². The second-order valence-corrected chi connectivity index (χ2v) is 5.94. The Morgan fingerprint density at radius 2 is 2.20 bits per heavy atom. The lowest BCUT2D eigenvalue weighted by molar-refractivity contribution is -0.141. The summed E-state index contributed by atoms with van der Waals surface area (Å²) in [5.74, 6) is -0.591. The van der Waals surface area contributed by atoms with Gasteiger partial charge in [0.1, 0.15) is 6.54 Å². The number of carbonyl (C=O) groups excluding carboxylic acids is 2. The summed E-state index contributed by atoms with van der Waals surface area (Å²) >= 11 is 4.78. The van der Waals surface area contributed by atoms with E-state index >= 15 is 0 Å². The van der Waals surface area contributed by atoms with Crippen LogP contribution in [0.1, 0.15) is 13.3 Å². The van der Waals surface area contributed by atoms with Crippen molar-refractivity contribution in [3.8, 4) is 0 Å². The number of halogens is 1. The first-order valence-electron chi connectivity index (χ1n) is 5.98. The van der Waals surface area contributed by atoms with Crippen molar-refractivity contribution in [2.24, 2.45) is 4.99 Å². The van der Waals surface area contributed by atoms with Gasteiger partial charge in [0.2, 0.25) is 5.91 Å². The van der Waals surface area contributed by atoms with Crippen LogP contribution in [0.25, 0.3) is 10.2 Å². The van der Waals surface area contributed by atoms with Crippen LogP contribution in [0, 0.1) is 0 Å². The highest BCUT2D eigenvalue weighted by Gasteiger charge is 2.11. The van der Waals surface area contributed by atoms with Gasteiger partial charge in [0.25, 0.3) is 0 Å². The third-order valence-corrected chi connectivity index (χ3v) is 4.22. The number of thiazole rings is 1. The van der Waals surface area contributed by atoms with E-state index in [0.29, 0.717) is 11.2 Å². The van der Waals surface area contributed by atoms with Crippen molar-refractivity contribution in [1.29, 1.82) is 0 Å². The number of esters is 1. The molecule has 0 aliphatic heterocycles. The Kier molecular flexibility index (Phi) is 4.72. The molecule has 0 atom stereocenters. The van der Waals surface area contributed by atoms with E-state index in [2.05, 4.69) is 20.9 Å². The topological polar surface area (TPSA) is 60.7 Å². The van der Waals surface area contributed by atoms with Crippen molar-refractivity contribution in [1.82, 2.24) is 4.57 Å². The normalized spacial score (nSPS) is 11.8. The molecule has 0 aliphatic rings. The van der Waals surface area contributed by atoms with Crippen LogP contribution in [0.4, 0.5) is 0 Å². The molecule has 7 heteroatoms. The molecule has 106 valence electrons. The van der Waals surface area contributed by atoms with Crippen LogP contribution in [-0.2, 0) is 20.9 Å². The maximum Gasteiger partial charge on any atom is 0.325 e. The number of aromatic nitrogens is 1. The number of methoxy groups -OCH3 is 1. The lowest BCUT2D eigenvalue weighted by Gasteiger charge is -2.03. The zero-order chi connectivity index (χ0) is 14.7. The zero-order valence-corrected chi connectivity index (χ0v) is 13.5. The Labute approximate surface area is 128 Å². The third kappa shape index (κ3) is 3.16. The van der Waals surface area contributed by atoms with Gasteiger partial charge in [0.15, 0.2) is 4.80 Å². The van der Waals surface area contributed by atoms with Crippen molar-refractivity contribution >= 4 is 49.4 Å². The fourth-order valence-corrected chi connectivity index (χ4v) is 3.26. The van der Waals surface area contributed by atoms with Gasteiger partial charge in [-0.1, -0.05) is 34.2 Å². The molecule has 1 amide bonds. The minimum atomic E-state index is -0.377. The molecule has 0 bridgehead atoms. The van der Waals surface area contributed by atoms with E-state index < -0.39 is 0 Å². The van der Waals surface area contributed by atoms with E-state index in [1.54, 1.807) is 11.5 Å². The molecular formula is C13H13BrN2O3S. The minimum Gasteiger partial charge on any atom is -0.468 e. The van der Waals surface area contributed by atoms with Crippen molar-refractivity contribution in [2.75, 3.05) is 7.11 Å². The summed E-state index contributed by atoms with van der Waals surface area (Å²) in [7, 11) is 1.34. The van der Waals surface area contributed by atoms with Gasteiger partial charge >= 0.3 is 5.97 Å². The van der Waals surface area contributed by atoms with Crippen LogP contribution in [0.2, 0.25) is 0 Å². The number of rotatable bonds is 3. The summed E-state index contributed by atoms with van der Waals surface area (Å²) in [5.41, 5.74) is 0.853. The first-order valence-corrected chi connectivity index (χ1v) is 7.59. The summed E-state index contributed by atoms with van der Waals surface area (Å²) < 4.78 is 8.28. The van der Waals surface area contributed by atoms with Gasteiger partial charge in [-0.25, -0.2) is 0 Å². The molecule has 1 aromatic heterocycles. The second-order valence-electron chi connectivity index (χ2n) is 4.02. The molecule has 1 aromatic carbocycles. The monoisotopic (exact) mass is 356 g/mol. The Hall–Kier alpha value is -1.47. The molecule has 0 radical (unpaired) electrons. The molecular weight excluding hydrogens is 344 g/mol. The fraction of sp³-hybridized carbons (Fsp3) is 0.308. The summed E-state index contributed by atoms with van der Waals surface area (Å²) in [6.45, 7) is 1.79. The SMILES string of the molecule is CCC(=O)N=c1sc2cc(Br)ccc2n1CC(=O)OC. The Balaban J connectivity index is 2.65. The van der Waals surface area contributed by atoms with Crippen molar-refractivity contribution in [2.45, 2.75) is 19.9 Å². The summed E-state index contributed by atoms with van der Waals surface area (Å²) in [6.07, 6.45) is 0.330. The summed E-state index contributed by atoms with van der Waals surface area (Å²) in [5, 5.41) is 0. The average Bonchev–Trinajstić information content (AvgIpc) is 2.75. The number of benzene rings is 1. The molecule has 2 aromatic rings. The summed E-state index contributed by atoms with van der Waals surface area (Å²) in [4.78, 5) is 27.6. The van der Waals surface area contributed by atoms with E-state index in [0.717, 1.165) is 14.7 Å². The Morgan fingerprint density at radius 1 is 1.45 bits per heavy atom.